The zero-order valence-electron chi connectivity index (χ0n) is 12.2. The lowest BCUT2D eigenvalue weighted by atomic mass is 10.1. The maximum atomic E-state index is 11.7. The molecule has 0 aliphatic heterocycles. The normalized spacial score (nSPS) is 11.9. The topological polar surface area (TPSA) is 66.4 Å². The van der Waals surface area contributed by atoms with Crippen LogP contribution >= 0.6 is 0 Å². The Hall–Kier alpha value is -1.84. The highest BCUT2D eigenvalue weighted by Gasteiger charge is 2.09. The van der Waals surface area contributed by atoms with Crippen LogP contribution in [0.3, 0.4) is 0 Å². The second-order valence-corrected chi connectivity index (χ2v) is 5.18. The number of hydrogen-bond acceptors (Lipinski definition) is 2. The van der Waals surface area contributed by atoms with Gasteiger partial charge in [0.2, 0.25) is 5.91 Å². The van der Waals surface area contributed by atoms with Gasteiger partial charge in [0, 0.05) is 19.4 Å². The summed E-state index contributed by atoms with van der Waals surface area (Å²) in [5.41, 5.74) is 2.44. The van der Waals surface area contributed by atoms with E-state index < -0.39 is 5.97 Å². The van der Waals surface area contributed by atoms with E-state index >= 15 is 0 Å². The number of rotatable bonds is 8. The van der Waals surface area contributed by atoms with Gasteiger partial charge in [-0.15, -0.1) is 0 Å². The second-order valence-electron chi connectivity index (χ2n) is 5.18. The predicted molar refractivity (Wildman–Crippen MR) is 78.6 cm³/mol. The van der Waals surface area contributed by atoms with Crippen molar-refractivity contribution in [3.8, 4) is 0 Å². The van der Waals surface area contributed by atoms with Gasteiger partial charge in [-0.1, -0.05) is 38.1 Å². The van der Waals surface area contributed by atoms with Gasteiger partial charge < -0.3 is 10.4 Å². The minimum absolute atomic E-state index is 0.0261. The number of nitrogens with one attached hydrogen (secondary N) is 1. The van der Waals surface area contributed by atoms with Gasteiger partial charge in [-0.3, -0.25) is 9.59 Å². The number of amides is 1. The Kier molecular flexibility index (Phi) is 6.77. The van der Waals surface area contributed by atoms with E-state index in [0.29, 0.717) is 19.4 Å². The Balaban J connectivity index is 2.26. The summed E-state index contributed by atoms with van der Waals surface area (Å²) < 4.78 is 0. The summed E-state index contributed by atoms with van der Waals surface area (Å²) in [7, 11) is 0. The SMILES string of the molecule is CCc1ccc(CCC(=O)NCC(C)CC(=O)O)cc1. The van der Waals surface area contributed by atoms with Crippen LogP contribution in [0.4, 0.5) is 0 Å². The number of aryl methyl sites for hydroxylation is 2. The lowest BCUT2D eigenvalue weighted by Crippen LogP contribution is -2.29. The van der Waals surface area contributed by atoms with Crippen molar-refractivity contribution in [3.05, 3.63) is 35.4 Å². The highest BCUT2D eigenvalue weighted by atomic mass is 16.4. The van der Waals surface area contributed by atoms with Gasteiger partial charge in [0.15, 0.2) is 0 Å². The minimum Gasteiger partial charge on any atom is -0.481 e. The van der Waals surface area contributed by atoms with E-state index in [-0.39, 0.29) is 18.2 Å². The minimum atomic E-state index is -0.831. The third kappa shape index (κ3) is 6.36. The highest BCUT2D eigenvalue weighted by Crippen LogP contribution is 2.07. The van der Waals surface area contributed by atoms with Crippen LogP contribution in [-0.2, 0) is 22.4 Å². The molecule has 0 spiro atoms. The van der Waals surface area contributed by atoms with Crippen molar-refractivity contribution in [3.63, 3.8) is 0 Å². The zero-order chi connectivity index (χ0) is 15.0. The Morgan fingerprint density at radius 3 is 2.35 bits per heavy atom. The summed E-state index contributed by atoms with van der Waals surface area (Å²) in [4.78, 5) is 22.2. The molecule has 110 valence electrons. The third-order valence-electron chi connectivity index (χ3n) is 3.24. The van der Waals surface area contributed by atoms with E-state index in [2.05, 4.69) is 36.5 Å². The van der Waals surface area contributed by atoms with Crippen LogP contribution in [0, 0.1) is 5.92 Å². The smallest absolute Gasteiger partial charge is 0.303 e. The van der Waals surface area contributed by atoms with Gasteiger partial charge in [-0.25, -0.2) is 0 Å². The fourth-order valence-electron chi connectivity index (χ4n) is 1.95. The van der Waals surface area contributed by atoms with Crippen molar-refractivity contribution in [1.29, 1.82) is 0 Å². The molecule has 4 heteroatoms. The van der Waals surface area contributed by atoms with Crippen LogP contribution in [0.5, 0.6) is 0 Å². The van der Waals surface area contributed by atoms with E-state index in [1.807, 2.05) is 6.92 Å². The molecule has 0 heterocycles. The standard InChI is InChI=1S/C16H23NO3/c1-3-13-4-6-14(7-5-13)8-9-15(18)17-11-12(2)10-16(19)20/h4-7,12H,3,8-11H2,1-2H3,(H,17,18)(H,19,20). The molecule has 0 fully saturated rings. The summed E-state index contributed by atoms with van der Waals surface area (Å²) in [6.45, 7) is 4.35. The van der Waals surface area contributed by atoms with Gasteiger partial charge in [0.1, 0.15) is 0 Å². The van der Waals surface area contributed by atoms with Crippen molar-refractivity contribution in [2.45, 2.75) is 39.5 Å². The van der Waals surface area contributed by atoms with Crippen LogP contribution in [0.1, 0.15) is 37.8 Å². The van der Waals surface area contributed by atoms with E-state index in [0.717, 1.165) is 12.0 Å². The number of carboxylic acid groups (broad SMARTS) is 1. The molecule has 0 aliphatic carbocycles. The number of carbonyl (C=O) groups excluding carboxylic acids is 1. The Bertz CT molecular complexity index is 440. The molecule has 1 atom stereocenters. The summed E-state index contributed by atoms with van der Waals surface area (Å²) in [6, 6.07) is 8.28. The molecule has 1 unspecified atom stereocenters. The molecule has 0 aliphatic rings. The number of hydrogen-bond donors (Lipinski definition) is 2. The van der Waals surface area contributed by atoms with Crippen LogP contribution in [-0.4, -0.2) is 23.5 Å². The summed E-state index contributed by atoms with van der Waals surface area (Å²) in [6.07, 6.45) is 2.25. The summed E-state index contributed by atoms with van der Waals surface area (Å²) >= 11 is 0. The quantitative estimate of drug-likeness (QED) is 0.767. The van der Waals surface area contributed by atoms with Gasteiger partial charge in [-0.2, -0.15) is 0 Å². The molecule has 1 aromatic carbocycles. The van der Waals surface area contributed by atoms with Crippen molar-refractivity contribution in [2.24, 2.45) is 5.92 Å². The molecule has 1 rings (SSSR count). The molecular weight excluding hydrogens is 254 g/mol. The van der Waals surface area contributed by atoms with Crippen molar-refractivity contribution < 1.29 is 14.7 Å². The first-order valence-electron chi connectivity index (χ1n) is 7.07. The van der Waals surface area contributed by atoms with Crippen molar-refractivity contribution in [2.75, 3.05) is 6.54 Å². The summed E-state index contributed by atoms with van der Waals surface area (Å²) in [5, 5.41) is 11.4. The average molecular weight is 277 g/mol. The van der Waals surface area contributed by atoms with Crippen LogP contribution in [0.25, 0.3) is 0 Å². The fourth-order valence-corrected chi connectivity index (χ4v) is 1.95. The third-order valence-corrected chi connectivity index (χ3v) is 3.24. The highest BCUT2D eigenvalue weighted by molar-refractivity contribution is 5.76. The van der Waals surface area contributed by atoms with E-state index in [9.17, 15) is 9.59 Å². The van der Waals surface area contributed by atoms with Gasteiger partial charge in [0.05, 0.1) is 0 Å². The van der Waals surface area contributed by atoms with Crippen molar-refractivity contribution in [1.82, 2.24) is 5.32 Å². The van der Waals surface area contributed by atoms with Crippen LogP contribution in [0.15, 0.2) is 24.3 Å². The fraction of sp³-hybridized carbons (Fsp3) is 0.500. The number of aliphatic carboxylic acids is 1. The van der Waals surface area contributed by atoms with E-state index in [4.69, 9.17) is 5.11 Å². The Morgan fingerprint density at radius 2 is 1.80 bits per heavy atom. The lowest BCUT2D eigenvalue weighted by Gasteiger charge is -2.10. The summed E-state index contributed by atoms with van der Waals surface area (Å²) in [5.74, 6) is -0.898. The second kappa shape index (κ2) is 8.35. The molecule has 0 aromatic heterocycles. The van der Waals surface area contributed by atoms with Crippen LogP contribution < -0.4 is 5.32 Å². The van der Waals surface area contributed by atoms with Crippen molar-refractivity contribution >= 4 is 11.9 Å². The molecule has 1 aromatic rings. The van der Waals surface area contributed by atoms with Gasteiger partial charge in [0.25, 0.3) is 0 Å². The van der Waals surface area contributed by atoms with Gasteiger partial charge in [-0.05, 0) is 29.9 Å². The molecule has 0 bridgehead atoms. The van der Waals surface area contributed by atoms with Crippen LogP contribution in [0.2, 0.25) is 0 Å². The molecule has 0 saturated carbocycles. The first-order valence-corrected chi connectivity index (χ1v) is 7.07. The molecular formula is C16H23NO3. The molecule has 2 N–H and O–H groups in total. The number of carboxylic acids is 1. The monoisotopic (exact) mass is 277 g/mol. The molecule has 0 saturated heterocycles. The largest absolute Gasteiger partial charge is 0.481 e. The molecule has 1 amide bonds. The van der Waals surface area contributed by atoms with E-state index in [1.165, 1.54) is 5.56 Å². The lowest BCUT2D eigenvalue weighted by molar-refractivity contribution is -0.138. The maximum absolute atomic E-state index is 11.7. The number of benzene rings is 1. The molecule has 0 radical (unpaired) electrons. The average Bonchev–Trinajstić information content (AvgIpc) is 2.42. The first kappa shape index (κ1) is 16.2. The van der Waals surface area contributed by atoms with E-state index in [1.54, 1.807) is 0 Å². The molecule has 4 nitrogen and oxygen atoms in total. The maximum Gasteiger partial charge on any atom is 0.303 e. The number of carbonyl (C=O) groups is 2. The Labute approximate surface area is 120 Å². The predicted octanol–water partition coefficient (Wildman–Crippen LogP) is 2.41. The van der Waals surface area contributed by atoms with Gasteiger partial charge >= 0.3 is 5.97 Å². The Morgan fingerprint density at radius 1 is 1.20 bits per heavy atom. The zero-order valence-corrected chi connectivity index (χ0v) is 12.2. The first-order chi connectivity index (χ1) is 9.51. The molecule has 20 heavy (non-hydrogen) atoms.